The first-order valence-electron chi connectivity index (χ1n) is 7.53. The number of ether oxygens (including phenoxy) is 2. The first kappa shape index (κ1) is 17.0. The fraction of sp³-hybridized carbons (Fsp3) is 0.278. The van der Waals surface area contributed by atoms with Crippen LogP contribution in [0.3, 0.4) is 0 Å². The number of hydrogen-bond donors (Lipinski definition) is 0. The number of carbonyl (C=O) groups excluding carboxylic acids is 1. The molecule has 1 fully saturated rings. The molecule has 1 amide bonds. The van der Waals surface area contributed by atoms with Crippen LogP contribution in [0.4, 0.5) is 0 Å². The first-order valence-corrected chi connectivity index (χ1v) is 8.96. The Bertz CT molecular complexity index is 731. The lowest BCUT2D eigenvalue weighted by atomic mass is 10.1. The molecule has 0 saturated carbocycles. The summed E-state index contributed by atoms with van der Waals surface area (Å²) in [5, 5.41) is 0.642. The molecule has 1 atom stereocenters. The zero-order valence-electron chi connectivity index (χ0n) is 13.5. The molecule has 0 spiro atoms. The fourth-order valence-electron chi connectivity index (χ4n) is 2.71. The molecule has 1 aliphatic rings. The minimum Gasteiger partial charge on any atom is -0.497 e. The number of hydrogen-bond acceptors (Lipinski definition) is 4. The van der Waals surface area contributed by atoms with Crippen molar-refractivity contribution >= 4 is 29.3 Å². The maximum absolute atomic E-state index is 13.0. The lowest BCUT2D eigenvalue weighted by Crippen LogP contribution is -2.30. The smallest absolute Gasteiger partial charge is 0.255 e. The van der Waals surface area contributed by atoms with Gasteiger partial charge in [0, 0.05) is 29.0 Å². The Morgan fingerprint density at radius 1 is 1.17 bits per heavy atom. The van der Waals surface area contributed by atoms with Crippen LogP contribution in [0.2, 0.25) is 5.02 Å². The molecule has 6 heteroatoms. The van der Waals surface area contributed by atoms with Crippen LogP contribution in [0.25, 0.3) is 0 Å². The number of carbonyl (C=O) groups is 1. The van der Waals surface area contributed by atoms with E-state index in [1.165, 1.54) is 0 Å². The lowest BCUT2D eigenvalue weighted by Gasteiger charge is -2.24. The van der Waals surface area contributed by atoms with Gasteiger partial charge in [0.1, 0.15) is 16.9 Å². The number of thioether (sulfide) groups is 1. The highest BCUT2D eigenvalue weighted by Crippen LogP contribution is 2.39. The van der Waals surface area contributed by atoms with E-state index >= 15 is 0 Å². The van der Waals surface area contributed by atoms with Gasteiger partial charge in [-0.1, -0.05) is 23.7 Å². The summed E-state index contributed by atoms with van der Waals surface area (Å²) in [6.07, 6.45) is 0. The van der Waals surface area contributed by atoms with Gasteiger partial charge in [-0.2, -0.15) is 0 Å². The van der Waals surface area contributed by atoms with Gasteiger partial charge in [-0.3, -0.25) is 4.79 Å². The van der Waals surface area contributed by atoms with Gasteiger partial charge in [-0.15, -0.1) is 11.8 Å². The molecule has 0 aliphatic carbocycles. The topological polar surface area (TPSA) is 38.8 Å². The minimum atomic E-state index is -0.0397. The van der Waals surface area contributed by atoms with E-state index in [9.17, 15) is 4.79 Å². The summed E-state index contributed by atoms with van der Waals surface area (Å²) in [6, 6.07) is 12.9. The van der Waals surface area contributed by atoms with Crippen molar-refractivity contribution in [2.75, 3.05) is 26.5 Å². The molecule has 0 unspecified atom stereocenters. The normalized spacial score (nSPS) is 17.0. The van der Waals surface area contributed by atoms with Gasteiger partial charge in [0.25, 0.3) is 5.91 Å². The van der Waals surface area contributed by atoms with Crippen molar-refractivity contribution < 1.29 is 14.3 Å². The number of amides is 1. The summed E-state index contributed by atoms with van der Waals surface area (Å²) in [6.45, 7) is 0.695. The number of benzene rings is 2. The molecule has 0 radical (unpaired) electrons. The van der Waals surface area contributed by atoms with Gasteiger partial charge >= 0.3 is 0 Å². The Morgan fingerprint density at radius 2 is 1.88 bits per heavy atom. The highest BCUT2D eigenvalue weighted by molar-refractivity contribution is 7.99. The Morgan fingerprint density at radius 3 is 2.50 bits per heavy atom. The third kappa shape index (κ3) is 3.47. The molecule has 2 aromatic rings. The molecule has 126 valence electrons. The Kier molecular flexibility index (Phi) is 5.21. The van der Waals surface area contributed by atoms with Crippen LogP contribution in [0, 0.1) is 0 Å². The highest BCUT2D eigenvalue weighted by Gasteiger charge is 2.31. The predicted octanol–water partition coefficient (Wildman–Crippen LogP) is 4.25. The van der Waals surface area contributed by atoms with Crippen LogP contribution >= 0.6 is 23.4 Å². The van der Waals surface area contributed by atoms with Crippen LogP contribution < -0.4 is 9.47 Å². The second kappa shape index (κ2) is 7.36. The molecule has 0 bridgehead atoms. The van der Waals surface area contributed by atoms with Crippen molar-refractivity contribution in [2.45, 2.75) is 5.37 Å². The molecule has 1 heterocycles. The molecule has 3 rings (SSSR count). The van der Waals surface area contributed by atoms with Crippen molar-refractivity contribution in [2.24, 2.45) is 0 Å². The van der Waals surface area contributed by atoms with Crippen LogP contribution in [0.1, 0.15) is 21.3 Å². The van der Waals surface area contributed by atoms with E-state index in [2.05, 4.69) is 0 Å². The van der Waals surface area contributed by atoms with Gasteiger partial charge in [0.15, 0.2) is 0 Å². The minimum absolute atomic E-state index is 0.0339. The monoisotopic (exact) mass is 363 g/mol. The molecular formula is C18H18ClNO3S. The maximum atomic E-state index is 13.0. The Hall–Kier alpha value is -1.85. The summed E-state index contributed by atoms with van der Waals surface area (Å²) in [5.41, 5.74) is 1.59. The Labute approximate surface area is 150 Å². The molecular weight excluding hydrogens is 346 g/mol. The second-order valence-corrected chi connectivity index (χ2v) is 7.00. The number of nitrogens with zero attached hydrogens (tertiary/aromatic N) is 1. The van der Waals surface area contributed by atoms with Gasteiger partial charge in [-0.25, -0.2) is 0 Å². The number of methoxy groups -OCH3 is 2. The van der Waals surface area contributed by atoms with E-state index in [-0.39, 0.29) is 11.3 Å². The van der Waals surface area contributed by atoms with Gasteiger partial charge in [0.2, 0.25) is 0 Å². The zero-order valence-corrected chi connectivity index (χ0v) is 15.1. The largest absolute Gasteiger partial charge is 0.497 e. The predicted molar refractivity (Wildman–Crippen MR) is 97.2 cm³/mol. The van der Waals surface area contributed by atoms with Crippen molar-refractivity contribution in [1.29, 1.82) is 0 Å². The summed E-state index contributed by atoms with van der Waals surface area (Å²) >= 11 is 7.84. The van der Waals surface area contributed by atoms with Crippen molar-refractivity contribution in [3.8, 4) is 11.5 Å². The summed E-state index contributed by atoms with van der Waals surface area (Å²) in [7, 11) is 3.15. The SMILES string of the molecule is COc1cc(OC)cc(C(=O)N2CCS[C@H]2c2cccc(Cl)c2)c1. The van der Waals surface area contributed by atoms with Crippen molar-refractivity contribution in [3.63, 3.8) is 0 Å². The highest BCUT2D eigenvalue weighted by atomic mass is 35.5. The molecule has 0 aromatic heterocycles. The average Bonchev–Trinajstić information content (AvgIpc) is 3.10. The molecule has 1 saturated heterocycles. The van der Waals surface area contributed by atoms with E-state index in [1.54, 1.807) is 44.2 Å². The van der Waals surface area contributed by atoms with Crippen molar-refractivity contribution in [1.82, 2.24) is 4.90 Å². The number of rotatable bonds is 4. The van der Waals surface area contributed by atoms with Crippen LogP contribution in [-0.2, 0) is 0 Å². The van der Waals surface area contributed by atoms with E-state index in [0.29, 0.717) is 28.6 Å². The summed E-state index contributed by atoms with van der Waals surface area (Å²) in [4.78, 5) is 14.9. The lowest BCUT2D eigenvalue weighted by molar-refractivity contribution is 0.0759. The number of halogens is 1. The van der Waals surface area contributed by atoms with Gasteiger partial charge in [0.05, 0.1) is 14.2 Å². The Balaban J connectivity index is 1.91. The standard InChI is InChI=1S/C18H18ClNO3S/c1-22-15-9-13(10-16(11-15)23-2)17(21)20-6-7-24-18(20)12-4-3-5-14(19)8-12/h3-5,8-11,18H,6-7H2,1-2H3/t18-/m0/s1. The van der Waals surface area contributed by atoms with E-state index in [0.717, 1.165) is 11.3 Å². The van der Waals surface area contributed by atoms with Crippen LogP contribution in [-0.4, -0.2) is 37.3 Å². The maximum Gasteiger partial charge on any atom is 0.255 e. The zero-order chi connectivity index (χ0) is 17.1. The molecule has 1 aliphatic heterocycles. The summed E-state index contributed by atoms with van der Waals surface area (Å²) in [5.74, 6) is 2.05. The van der Waals surface area contributed by atoms with Crippen LogP contribution in [0.5, 0.6) is 11.5 Å². The van der Waals surface area contributed by atoms with Crippen LogP contribution in [0.15, 0.2) is 42.5 Å². The molecule has 24 heavy (non-hydrogen) atoms. The summed E-state index contributed by atoms with van der Waals surface area (Å²) < 4.78 is 10.5. The van der Waals surface area contributed by atoms with Gasteiger partial charge < -0.3 is 14.4 Å². The van der Waals surface area contributed by atoms with E-state index in [4.69, 9.17) is 21.1 Å². The fourth-order valence-corrected chi connectivity index (χ4v) is 4.16. The quantitative estimate of drug-likeness (QED) is 0.814. The third-order valence-electron chi connectivity index (χ3n) is 3.88. The molecule has 0 N–H and O–H groups in total. The van der Waals surface area contributed by atoms with Crippen molar-refractivity contribution in [3.05, 3.63) is 58.6 Å². The average molecular weight is 364 g/mol. The molecule has 2 aromatic carbocycles. The third-order valence-corrected chi connectivity index (χ3v) is 5.38. The van der Waals surface area contributed by atoms with E-state index < -0.39 is 0 Å². The van der Waals surface area contributed by atoms with E-state index in [1.807, 2.05) is 29.2 Å². The van der Waals surface area contributed by atoms with Gasteiger partial charge in [-0.05, 0) is 29.8 Å². The first-order chi connectivity index (χ1) is 11.6. The molecule has 4 nitrogen and oxygen atoms in total. The second-order valence-electron chi connectivity index (χ2n) is 5.38.